The zero-order valence-electron chi connectivity index (χ0n) is 13.6. The Hall–Kier alpha value is -2.61. The van der Waals surface area contributed by atoms with Crippen LogP contribution in [0.1, 0.15) is 19.3 Å². The lowest BCUT2D eigenvalue weighted by Crippen LogP contribution is -2.34. The maximum absolute atomic E-state index is 12.8. The molecule has 0 amide bonds. The molecule has 1 aliphatic rings. The third-order valence-electron chi connectivity index (χ3n) is 4.16. The number of halogens is 1. The Morgan fingerprint density at radius 1 is 1.28 bits per heavy atom. The first-order valence-corrected chi connectivity index (χ1v) is 8.27. The van der Waals surface area contributed by atoms with Crippen molar-refractivity contribution in [1.82, 2.24) is 9.78 Å². The van der Waals surface area contributed by atoms with E-state index in [0.717, 1.165) is 23.9 Å². The van der Waals surface area contributed by atoms with Crippen LogP contribution in [-0.2, 0) is 0 Å². The number of hydrogen-bond donors (Lipinski definition) is 0. The summed E-state index contributed by atoms with van der Waals surface area (Å²) < 4.78 is 6.07. The van der Waals surface area contributed by atoms with Gasteiger partial charge in [0.25, 0.3) is 0 Å². The molecule has 0 spiro atoms. The third-order valence-corrected chi connectivity index (χ3v) is 4.41. The molecule has 0 unspecified atom stereocenters. The smallest absolute Gasteiger partial charge is 0.362 e. The summed E-state index contributed by atoms with van der Waals surface area (Å²) >= 11 is 6.26. The van der Waals surface area contributed by atoms with Crippen molar-refractivity contribution < 1.29 is 9.66 Å². The molecular weight excluding hydrogens is 348 g/mol. The fraction of sp³-hybridized carbons (Fsp3) is 0.375. The van der Waals surface area contributed by atoms with Crippen LogP contribution in [0.5, 0.6) is 5.75 Å². The Balaban J connectivity index is 2.19. The number of aromatic nitrogens is 2. The van der Waals surface area contributed by atoms with Gasteiger partial charge in [-0.25, -0.2) is 0 Å². The van der Waals surface area contributed by atoms with E-state index in [1.54, 1.807) is 29.2 Å². The molecule has 0 N–H and O–H groups in total. The fourth-order valence-corrected chi connectivity index (χ4v) is 3.24. The molecule has 3 rings (SSSR count). The van der Waals surface area contributed by atoms with Gasteiger partial charge < -0.3 is 9.64 Å². The molecule has 2 heterocycles. The summed E-state index contributed by atoms with van der Waals surface area (Å²) in [7, 11) is 1.49. The van der Waals surface area contributed by atoms with E-state index in [-0.39, 0.29) is 10.8 Å². The summed E-state index contributed by atoms with van der Waals surface area (Å²) in [5.74, 6) is 0.505. The average molecular weight is 365 g/mol. The van der Waals surface area contributed by atoms with Crippen molar-refractivity contribution in [3.8, 4) is 11.4 Å². The summed E-state index contributed by atoms with van der Waals surface area (Å²) in [6, 6.07) is 6.54. The quantitative estimate of drug-likeness (QED) is 0.612. The summed E-state index contributed by atoms with van der Waals surface area (Å²) in [5, 5.41) is 15.6. The normalized spacial score (nSPS) is 14.4. The average Bonchev–Trinajstić information content (AvgIpc) is 2.63. The van der Waals surface area contributed by atoms with Crippen LogP contribution in [-0.4, -0.2) is 34.9 Å². The second-order valence-electron chi connectivity index (χ2n) is 5.71. The molecular formula is C16H17ClN4O4. The van der Waals surface area contributed by atoms with E-state index in [0.29, 0.717) is 24.5 Å². The highest BCUT2D eigenvalue weighted by molar-refractivity contribution is 6.32. The first-order valence-electron chi connectivity index (χ1n) is 7.89. The van der Waals surface area contributed by atoms with Gasteiger partial charge in [-0.1, -0.05) is 17.7 Å². The number of nitro groups is 1. The number of nitrogens with zero attached hydrogens (tertiary/aromatic N) is 4. The Kier molecular flexibility index (Phi) is 4.89. The molecule has 0 bridgehead atoms. The molecule has 1 aliphatic heterocycles. The fourth-order valence-electron chi connectivity index (χ4n) is 2.96. The summed E-state index contributed by atoms with van der Waals surface area (Å²) in [6.45, 7) is 1.23. The molecule has 0 saturated carbocycles. The lowest BCUT2D eigenvalue weighted by atomic mass is 10.1. The molecule has 0 aliphatic carbocycles. The van der Waals surface area contributed by atoms with Crippen molar-refractivity contribution in [2.75, 3.05) is 25.1 Å². The Morgan fingerprint density at radius 2 is 2.00 bits per heavy atom. The first kappa shape index (κ1) is 17.2. The van der Waals surface area contributed by atoms with Crippen molar-refractivity contribution in [1.29, 1.82) is 0 Å². The number of rotatable bonds is 4. The SMILES string of the molecule is COc1cccc(-n2nc(Cl)c(N3CCCCC3)c([N+](=O)[O-])c2=O)c1. The van der Waals surface area contributed by atoms with Crippen molar-refractivity contribution >= 4 is 23.0 Å². The highest BCUT2D eigenvalue weighted by Crippen LogP contribution is 2.33. The van der Waals surface area contributed by atoms with E-state index >= 15 is 0 Å². The summed E-state index contributed by atoms with van der Waals surface area (Å²) in [6.07, 6.45) is 2.84. The second-order valence-corrected chi connectivity index (χ2v) is 6.07. The van der Waals surface area contributed by atoms with E-state index in [1.165, 1.54) is 7.11 Å². The number of piperidine rings is 1. The second kappa shape index (κ2) is 7.10. The number of anilines is 1. The van der Waals surface area contributed by atoms with Gasteiger partial charge in [0.1, 0.15) is 5.75 Å². The number of methoxy groups -OCH3 is 1. The van der Waals surface area contributed by atoms with Gasteiger partial charge in [-0.3, -0.25) is 14.9 Å². The van der Waals surface area contributed by atoms with Crippen LogP contribution in [0.2, 0.25) is 5.15 Å². The molecule has 1 aromatic carbocycles. The van der Waals surface area contributed by atoms with E-state index in [9.17, 15) is 14.9 Å². The molecule has 132 valence electrons. The minimum absolute atomic E-state index is 0.0592. The lowest BCUT2D eigenvalue weighted by molar-refractivity contribution is -0.385. The van der Waals surface area contributed by atoms with Gasteiger partial charge in [-0.05, 0) is 31.4 Å². The summed E-state index contributed by atoms with van der Waals surface area (Å²) in [5.41, 5.74) is -0.914. The third kappa shape index (κ3) is 3.30. The largest absolute Gasteiger partial charge is 0.497 e. The molecule has 1 saturated heterocycles. The van der Waals surface area contributed by atoms with Crippen molar-refractivity contribution in [2.24, 2.45) is 0 Å². The van der Waals surface area contributed by atoms with E-state index in [2.05, 4.69) is 5.10 Å². The maximum atomic E-state index is 12.8. The van der Waals surface area contributed by atoms with E-state index in [1.807, 2.05) is 0 Å². The van der Waals surface area contributed by atoms with Crippen LogP contribution in [0, 0.1) is 10.1 Å². The molecule has 1 fully saturated rings. The van der Waals surface area contributed by atoms with Crippen LogP contribution in [0.25, 0.3) is 5.69 Å². The van der Waals surface area contributed by atoms with Crippen molar-refractivity contribution in [3.05, 3.63) is 49.9 Å². The van der Waals surface area contributed by atoms with Crippen LogP contribution < -0.4 is 15.2 Å². The van der Waals surface area contributed by atoms with Crippen LogP contribution in [0.3, 0.4) is 0 Å². The molecule has 1 aromatic heterocycles. The van der Waals surface area contributed by atoms with Gasteiger partial charge in [0.2, 0.25) is 0 Å². The number of hydrogen-bond acceptors (Lipinski definition) is 6. The van der Waals surface area contributed by atoms with Crippen LogP contribution in [0.15, 0.2) is 29.1 Å². The van der Waals surface area contributed by atoms with Gasteiger partial charge in [-0.2, -0.15) is 4.68 Å². The van der Waals surface area contributed by atoms with Crippen molar-refractivity contribution in [2.45, 2.75) is 19.3 Å². The molecule has 0 atom stereocenters. The maximum Gasteiger partial charge on any atom is 0.362 e. The van der Waals surface area contributed by atoms with E-state index < -0.39 is 16.2 Å². The molecule has 8 nitrogen and oxygen atoms in total. The van der Waals surface area contributed by atoms with Gasteiger partial charge in [0.05, 0.1) is 17.7 Å². The number of benzene rings is 1. The summed E-state index contributed by atoms with van der Waals surface area (Å²) in [4.78, 5) is 25.4. The molecule has 25 heavy (non-hydrogen) atoms. The highest BCUT2D eigenvalue weighted by Gasteiger charge is 2.31. The van der Waals surface area contributed by atoms with Gasteiger partial charge in [0.15, 0.2) is 10.8 Å². The highest BCUT2D eigenvalue weighted by atomic mass is 35.5. The molecule has 9 heteroatoms. The Labute approximate surface area is 148 Å². The topological polar surface area (TPSA) is 90.5 Å². The predicted octanol–water partition coefficient (Wildman–Crippen LogP) is 2.79. The zero-order valence-corrected chi connectivity index (χ0v) is 14.4. The predicted molar refractivity (Wildman–Crippen MR) is 94.1 cm³/mol. The van der Waals surface area contributed by atoms with E-state index in [4.69, 9.17) is 16.3 Å². The minimum Gasteiger partial charge on any atom is -0.497 e. The monoisotopic (exact) mass is 364 g/mol. The number of ether oxygens (including phenoxy) is 1. The molecule has 2 aromatic rings. The molecule has 0 radical (unpaired) electrons. The first-order chi connectivity index (χ1) is 12.0. The zero-order chi connectivity index (χ0) is 18.0. The standard InChI is InChI=1S/C16H17ClN4O4/c1-25-12-7-5-6-11(10-12)20-16(22)14(21(23)24)13(15(17)18-20)19-8-3-2-4-9-19/h5-7,10H,2-4,8-9H2,1H3. The van der Waals surface area contributed by atoms with Gasteiger partial charge in [0, 0.05) is 19.2 Å². The van der Waals surface area contributed by atoms with Gasteiger partial charge >= 0.3 is 11.2 Å². The Morgan fingerprint density at radius 3 is 2.64 bits per heavy atom. The van der Waals surface area contributed by atoms with Crippen LogP contribution >= 0.6 is 11.6 Å². The minimum atomic E-state index is -0.816. The van der Waals surface area contributed by atoms with Crippen LogP contribution in [0.4, 0.5) is 11.4 Å². The lowest BCUT2D eigenvalue weighted by Gasteiger charge is -2.28. The van der Waals surface area contributed by atoms with Gasteiger partial charge in [-0.15, -0.1) is 5.10 Å². The van der Waals surface area contributed by atoms with Crippen molar-refractivity contribution in [3.63, 3.8) is 0 Å². The Bertz CT molecular complexity index is 862.